The summed E-state index contributed by atoms with van der Waals surface area (Å²) in [7, 11) is 0. The molecule has 2 bridgehead atoms. The van der Waals surface area contributed by atoms with Gasteiger partial charge in [0.15, 0.2) is 0 Å². The van der Waals surface area contributed by atoms with Crippen LogP contribution in [0.3, 0.4) is 0 Å². The summed E-state index contributed by atoms with van der Waals surface area (Å²) >= 11 is 0. The van der Waals surface area contributed by atoms with Crippen LogP contribution in [-0.2, 0) is 4.79 Å². The van der Waals surface area contributed by atoms with E-state index in [2.05, 4.69) is 10.6 Å². The minimum absolute atomic E-state index is 0.0173. The monoisotopic (exact) mass is 371 g/mol. The first-order valence-corrected chi connectivity index (χ1v) is 10.3. The number of hydrogen-bond donors (Lipinski definition) is 3. The van der Waals surface area contributed by atoms with Crippen LogP contribution in [0.15, 0.2) is 24.3 Å². The van der Waals surface area contributed by atoms with Crippen LogP contribution in [0.2, 0.25) is 0 Å². The van der Waals surface area contributed by atoms with E-state index in [0.717, 1.165) is 31.2 Å². The summed E-state index contributed by atoms with van der Waals surface area (Å²) in [6, 6.07) is 7.38. The molecule has 2 aliphatic rings. The minimum atomic E-state index is -0.534. The summed E-state index contributed by atoms with van der Waals surface area (Å²) in [6.45, 7) is 5.85. The van der Waals surface area contributed by atoms with E-state index in [-0.39, 0.29) is 29.8 Å². The van der Waals surface area contributed by atoms with Crippen molar-refractivity contribution in [2.45, 2.75) is 71.0 Å². The number of rotatable bonds is 5. The number of carbonyl (C=O) groups excluding carboxylic acids is 2. The summed E-state index contributed by atoms with van der Waals surface area (Å²) in [5, 5.41) is 6.25. The molecule has 148 valence electrons. The van der Waals surface area contributed by atoms with Crippen LogP contribution in [0.25, 0.3) is 0 Å². The van der Waals surface area contributed by atoms with Crippen molar-refractivity contribution in [2.24, 2.45) is 23.5 Å². The molecule has 1 aromatic rings. The van der Waals surface area contributed by atoms with Crippen molar-refractivity contribution in [3.05, 3.63) is 35.4 Å². The van der Waals surface area contributed by atoms with Crippen LogP contribution in [0.1, 0.15) is 61.9 Å². The molecule has 5 nitrogen and oxygen atoms in total. The zero-order chi connectivity index (χ0) is 19.6. The second-order valence-electron chi connectivity index (χ2n) is 8.73. The molecule has 0 radical (unpaired) electrons. The number of benzene rings is 1. The highest BCUT2D eigenvalue weighted by atomic mass is 16.2. The average molecular weight is 372 g/mol. The number of amides is 2. The molecule has 2 amide bonds. The van der Waals surface area contributed by atoms with E-state index in [0.29, 0.717) is 17.4 Å². The lowest BCUT2D eigenvalue weighted by Crippen LogP contribution is -2.58. The van der Waals surface area contributed by atoms with Crippen molar-refractivity contribution in [3.8, 4) is 0 Å². The molecule has 2 saturated carbocycles. The van der Waals surface area contributed by atoms with Crippen LogP contribution in [0.5, 0.6) is 0 Å². The molecule has 1 aromatic carbocycles. The predicted octanol–water partition coefficient (Wildman–Crippen LogP) is 2.77. The fourth-order valence-electron chi connectivity index (χ4n) is 4.86. The van der Waals surface area contributed by atoms with Gasteiger partial charge in [0.1, 0.15) is 6.04 Å². The lowest BCUT2D eigenvalue weighted by Gasteiger charge is -2.45. The standard InChI is InChI=1S/C22H33N3O2/c1-13(2)19(24-21(26)18-10-5-4-7-14(18)3)22(27)25-20-15-8-6-9-16(20)12-17(23)11-15/h4-5,7,10,13,15-17,19-20H,6,8-9,11-12,23H2,1-3H3,(H,24,26)(H,25,27). The van der Waals surface area contributed by atoms with Crippen molar-refractivity contribution >= 4 is 11.8 Å². The Morgan fingerprint density at radius 1 is 1.11 bits per heavy atom. The maximum Gasteiger partial charge on any atom is 0.252 e. The Kier molecular flexibility index (Phi) is 6.20. The Labute approximate surface area is 162 Å². The molecule has 0 aliphatic heterocycles. The maximum atomic E-state index is 13.1. The lowest BCUT2D eigenvalue weighted by molar-refractivity contribution is -0.126. The normalized spacial score (nSPS) is 28.5. The fraction of sp³-hybridized carbons (Fsp3) is 0.636. The Balaban J connectivity index is 1.69. The number of nitrogens with two attached hydrogens (primary N) is 1. The average Bonchev–Trinajstić information content (AvgIpc) is 2.60. The number of hydrogen-bond acceptors (Lipinski definition) is 3. The highest BCUT2D eigenvalue weighted by Crippen LogP contribution is 2.39. The Morgan fingerprint density at radius 2 is 1.74 bits per heavy atom. The van der Waals surface area contributed by atoms with Crippen molar-refractivity contribution in [1.29, 1.82) is 0 Å². The first-order chi connectivity index (χ1) is 12.9. The van der Waals surface area contributed by atoms with E-state index in [1.54, 1.807) is 6.07 Å². The number of aryl methyl sites for hydroxylation is 1. The molecule has 3 rings (SSSR count). The highest BCUT2D eigenvalue weighted by Gasteiger charge is 2.41. The van der Waals surface area contributed by atoms with Gasteiger partial charge in [-0.15, -0.1) is 0 Å². The van der Waals surface area contributed by atoms with E-state index in [1.165, 1.54) is 6.42 Å². The quantitative estimate of drug-likeness (QED) is 0.744. The second-order valence-corrected chi connectivity index (χ2v) is 8.73. The molecule has 3 unspecified atom stereocenters. The molecule has 5 heteroatoms. The third-order valence-corrected chi connectivity index (χ3v) is 6.31. The molecular formula is C22H33N3O2. The molecule has 4 N–H and O–H groups in total. The molecule has 0 aromatic heterocycles. The van der Waals surface area contributed by atoms with Gasteiger partial charge in [-0.2, -0.15) is 0 Å². The zero-order valence-corrected chi connectivity index (χ0v) is 16.7. The minimum Gasteiger partial charge on any atom is -0.351 e. The summed E-state index contributed by atoms with van der Waals surface area (Å²) in [5.74, 6) is 0.702. The number of fused-ring (bicyclic) bond motifs is 2. The fourth-order valence-corrected chi connectivity index (χ4v) is 4.86. The Hall–Kier alpha value is -1.88. The number of nitrogens with one attached hydrogen (secondary N) is 2. The Bertz CT molecular complexity index is 674. The van der Waals surface area contributed by atoms with Gasteiger partial charge in [0.25, 0.3) is 5.91 Å². The maximum absolute atomic E-state index is 13.1. The molecular weight excluding hydrogens is 338 g/mol. The largest absolute Gasteiger partial charge is 0.351 e. The Morgan fingerprint density at radius 3 is 2.33 bits per heavy atom. The van der Waals surface area contributed by atoms with Gasteiger partial charge in [-0.1, -0.05) is 38.5 Å². The van der Waals surface area contributed by atoms with Gasteiger partial charge >= 0.3 is 0 Å². The summed E-state index contributed by atoms with van der Waals surface area (Å²) in [5.41, 5.74) is 7.73. The molecule has 27 heavy (non-hydrogen) atoms. The van der Waals surface area contributed by atoms with Crippen LogP contribution in [0, 0.1) is 24.7 Å². The molecule has 0 heterocycles. The van der Waals surface area contributed by atoms with E-state index >= 15 is 0 Å². The van der Waals surface area contributed by atoms with Crippen LogP contribution < -0.4 is 16.4 Å². The van der Waals surface area contributed by atoms with E-state index in [4.69, 9.17) is 5.73 Å². The van der Waals surface area contributed by atoms with Gasteiger partial charge in [0, 0.05) is 17.6 Å². The number of carbonyl (C=O) groups is 2. The van der Waals surface area contributed by atoms with E-state index < -0.39 is 6.04 Å². The highest BCUT2D eigenvalue weighted by molar-refractivity contribution is 5.98. The summed E-state index contributed by atoms with van der Waals surface area (Å²) in [6.07, 6.45) is 5.48. The second kappa shape index (κ2) is 8.42. The smallest absolute Gasteiger partial charge is 0.252 e. The van der Waals surface area contributed by atoms with Gasteiger partial charge in [0.05, 0.1) is 0 Å². The first kappa shape index (κ1) is 19.9. The van der Waals surface area contributed by atoms with Gasteiger partial charge in [-0.3, -0.25) is 9.59 Å². The summed E-state index contributed by atoms with van der Waals surface area (Å²) < 4.78 is 0. The van der Waals surface area contributed by atoms with Crippen molar-refractivity contribution in [2.75, 3.05) is 0 Å². The van der Waals surface area contributed by atoms with Gasteiger partial charge < -0.3 is 16.4 Å². The predicted molar refractivity (Wildman–Crippen MR) is 107 cm³/mol. The summed E-state index contributed by atoms with van der Waals surface area (Å²) in [4.78, 5) is 25.8. The topological polar surface area (TPSA) is 84.2 Å². The molecule has 3 atom stereocenters. The SMILES string of the molecule is Cc1ccccc1C(=O)NC(C(=O)NC1C2CCCC1CC(N)C2)C(C)C. The molecule has 2 fully saturated rings. The van der Waals surface area contributed by atoms with Crippen molar-refractivity contribution in [3.63, 3.8) is 0 Å². The van der Waals surface area contributed by atoms with E-state index in [1.807, 2.05) is 39.0 Å². The van der Waals surface area contributed by atoms with Crippen LogP contribution in [-0.4, -0.2) is 29.9 Å². The lowest BCUT2D eigenvalue weighted by atomic mass is 9.67. The third-order valence-electron chi connectivity index (χ3n) is 6.31. The van der Waals surface area contributed by atoms with E-state index in [9.17, 15) is 9.59 Å². The zero-order valence-electron chi connectivity index (χ0n) is 16.7. The van der Waals surface area contributed by atoms with Gasteiger partial charge in [-0.05, 0) is 62.0 Å². The van der Waals surface area contributed by atoms with Crippen LogP contribution in [0.4, 0.5) is 0 Å². The van der Waals surface area contributed by atoms with Crippen molar-refractivity contribution < 1.29 is 9.59 Å². The van der Waals surface area contributed by atoms with Crippen molar-refractivity contribution in [1.82, 2.24) is 10.6 Å². The van der Waals surface area contributed by atoms with Gasteiger partial charge in [0.2, 0.25) is 5.91 Å². The molecule has 0 saturated heterocycles. The molecule has 2 aliphatic carbocycles. The van der Waals surface area contributed by atoms with Gasteiger partial charge in [-0.25, -0.2) is 0 Å². The third kappa shape index (κ3) is 4.52. The first-order valence-electron chi connectivity index (χ1n) is 10.3. The molecule has 0 spiro atoms. The van der Waals surface area contributed by atoms with Crippen LogP contribution >= 0.6 is 0 Å².